The van der Waals surface area contributed by atoms with Crippen LogP contribution in [0.25, 0.3) is 0 Å². The number of hydrogen-bond acceptors (Lipinski definition) is 4. The van der Waals surface area contributed by atoms with Crippen LogP contribution in [0.15, 0.2) is 46.0 Å². The highest BCUT2D eigenvalue weighted by molar-refractivity contribution is 7.91. The molecular formula is C17H20N2O3S2. The predicted octanol–water partition coefficient (Wildman–Crippen LogP) is 2.53. The van der Waals surface area contributed by atoms with Crippen molar-refractivity contribution >= 4 is 27.3 Å². The molecule has 1 fully saturated rings. The molecule has 2 aromatic rings. The maximum Gasteiger partial charge on any atom is 0.253 e. The van der Waals surface area contributed by atoms with Crippen LogP contribution in [0.5, 0.6) is 0 Å². The first-order valence-electron chi connectivity index (χ1n) is 7.87. The number of carbonyl (C=O) groups is 1. The summed E-state index contributed by atoms with van der Waals surface area (Å²) in [6, 6.07) is 10.6. The fraction of sp³-hybridized carbons (Fsp3) is 0.353. The van der Waals surface area contributed by atoms with Gasteiger partial charge in [-0.1, -0.05) is 35.9 Å². The van der Waals surface area contributed by atoms with Crippen molar-refractivity contribution in [1.29, 1.82) is 0 Å². The Morgan fingerprint density at radius 2 is 2.17 bits per heavy atom. The molecule has 1 aliphatic rings. The fourth-order valence-electron chi connectivity index (χ4n) is 2.94. The van der Waals surface area contributed by atoms with E-state index in [1.807, 2.05) is 31.2 Å². The highest BCUT2D eigenvalue weighted by Crippen LogP contribution is 2.28. The van der Waals surface area contributed by atoms with Gasteiger partial charge >= 0.3 is 0 Å². The summed E-state index contributed by atoms with van der Waals surface area (Å²) in [6.07, 6.45) is 1.26. The molecule has 1 saturated heterocycles. The van der Waals surface area contributed by atoms with Crippen molar-refractivity contribution in [3.63, 3.8) is 0 Å². The zero-order valence-corrected chi connectivity index (χ0v) is 15.1. The van der Waals surface area contributed by atoms with Gasteiger partial charge in [-0.25, -0.2) is 8.42 Å². The van der Waals surface area contributed by atoms with Gasteiger partial charge in [0.15, 0.2) is 0 Å². The fourth-order valence-corrected chi connectivity index (χ4v) is 5.72. The molecule has 1 atom stereocenters. The van der Waals surface area contributed by atoms with Crippen LogP contribution in [-0.2, 0) is 21.4 Å². The van der Waals surface area contributed by atoms with Crippen molar-refractivity contribution in [2.75, 3.05) is 6.54 Å². The smallest absolute Gasteiger partial charge is 0.253 e. The Bertz CT molecular complexity index is 816. The summed E-state index contributed by atoms with van der Waals surface area (Å²) in [6.45, 7) is 2.80. The Labute approximate surface area is 146 Å². The molecule has 128 valence electrons. The van der Waals surface area contributed by atoms with Gasteiger partial charge in [0.1, 0.15) is 10.3 Å². The van der Waals surface area contributed by atoms with E-state index in [9.17, 15) is 13.2 Å². The summed E-state index contributed by atoms with van der Waals surface area (Å²) in [5.74, 6) is -0.228. The number of thiophene rings is 1. The van der Waals surface area contributed by atoms with E-state index in [2.05, 4.69) is 5.32 Å². The van der Waals surface area contributed by atoms with Crippen molar-refractivity contribution in [2.45, 2.75) is 36.6 Å². The molecule has 2 heterocycles. The van der Waals surface area contributed by atoms with E-state index in [0.29, 0.717) is 30.1 Å². The van der Waals surface area contributed by atoms with Gasteiger partial charge in [0.2, 0.25) is 5.91 Å². The van der Waals surface area contributed by atoms with Gasteiger partial charge < -0.3 is 5.32 Å². The third-order valence-electron chi connectivity index (χ3n) is 4.11. The van der Waals surface area contributed by atoms with Crippen molar-refractivity contribution in [2.24, 2.45) is 0 Å². The molecule has 1 N–H and O–H groups in total. The highest BCUT2D eigenvalue weighted by Gasteiger charge is 2.39. The molecule has 0 saturated carbocycles. The van der Waals surface area contributed by atoms with Crippen LogP contribution in [0.4, 0.5) is 0 Å². The molecule has 1 amide bonds. The van der Waals surface area contributed by atoms with Crippen LogP contribution in [0.3, 0.4) is 0 Å². The predicted molar refractivity (Wildman–Crippen MR) is 94.3 cm³/mol. The number of carbonyl (C=O) groups excluding carboxylic acids is 1. The Kier molecular flexibility index (Phi) is 5.03. The zero-order chi connectivity index (χ0) is 17.2. The van der Waals surface area contributed by atoms with E-state index < -0.39 is 16.1 Å². The number of nitrogens with one attached hydrogen (secondary N) is 1. The lowest BCUT2D eigenvalue weighted by atomic mass is 10.1. The molecule has 1 aromatic heterocycles. The van der Waals surface area contributed by atoms with Gasteiger partial charge in [0.05, 0.1) is 0 Å². The lowest BCUT2D eigenvalue weighted by Crippen LogP contribution is -2.45. The quantitative estimate of drug-likeness (QED) is 0.886. The first-order chi connectivity index (χ1) is 11.5. The maximum atomic E-state index is 12.7. The molecule has 1 aliphatic heterocycles. The van der Waals surface area contributed by atoms with Crippen LogP contribution in [0, 0.1) is 6.92 Å². The van der Waals surface area contributed by atoms with E-state index >= 15 is 0 Å². The second-order valence-corrected chi connectivity index (χ2v) is 8.98. The minimum atomic E-state index is -3.59. The summed E-state index contributed by atoms with van der Waals surface area (Å²) in [4.78, 5) is 12.5. The van der Waals surface area contributed by atoms with Crippen LogP contribution >= 0.6 is 11.3 Å². The molecular weight excluding hydrogens is 344 g/mol. The number of nitrogens with zero attached hydrogens (tertiary/aromatic N) is 1. The summed E-state index contributed by atoms with van der Waals surface area (Å²) in [7, 11) is -3.59. The molecule has 24 heavy (non-hydrogen) atoms. The maximum absolute atomic E-state index is 12.7. The standard InChI is InChI=1S/C17H20N2O3S2/c1-13-5-2-6-14(11-13)12-18-17(20)15-7-3-9-19(15)24(21,22)16-8-4-10-23-16/h2,4-6,8,10-11,15H,3,7,9,12H2,1H3,(H,18,20)/t15-/m0/s1. The number of aryl methyl sites for hydroxylation is 1. The Morgan fingerprint density at radius 3 is 2.88 bits per heavy atom. The third-order valence-corrected chi connectivity index (χ3v) is 7.39. The van der Waals surface area contributed by atoms with Gasteiger partial charge in [-0.2, -0.15) is 4.31 Å². The number of hydrogen-bond donors (Lipinski definition) is 1. The second-order valence-electron chi connectivity index (χ2n) is 5.91. The van der Waals surface area contributed by atoms with Gasteiger partial charge in [0.25, 0.3) is 10.0 Å². The summed E-state index contributed by atoms with van der Waals surface area (Å²) >= 11 is 1.18. The minimum Gasteiger partial charge on any atom is -0.351 e. The van der Waals surface area contributed by atoms with Crippen LogP contribution in [0.1, 0.15) is 24.0 Å². The molecule has 0 spiro atoms. The van der Waals surface area contributed by atoms with Gasteiger partial charge in [-0.05, 0) is 36.8 Å². The highest BCUT2D eigenvalue weighted by atomic mass is 32.2. The third kappa shape index (κ3) is 3.53. The van der Waals surface area contributed by atoms with E-state index in [1.54, 1.807) is 17.5 Å². The summed E-state index contributed by atoms with van der Waals surface area (Å²) in [5, 5.41) is 4.61. The lowest BCUT2D eigenvalue weighted by Gasteiger charge is -2.22. The first kappa shape index (κ1) is 17.1. The van der Waals surface area contributed by atoms with Crippen LogP contribution < -0.4 is 5.32 Å². The summed E-state index contributed by atoms with van der Waals surface area (Å²) in [5.41, 5.74) is 2.14. The zero-order valence-electron chi connectivity index (χ0n) is 13.4. The van der Waals surface area contributed by atoms with E-state index in [4.69, 9.17) is 0 Å². The second kappa shape index (κ2) is 7.04. The topological polar surface area (TPSA) is 66.5 Å². The van der Waals surface area contributed by atoms with Gasteiger partial charge in [0, 0.05) is 13.1 Å². The monoisotopic (exact) mass is 364 g/mol. The molecule has 0 radical (unpaired) electrons. The minimum absolute atomic E-state index is 0.228. The molecule has 0 bridgehead atoms. The van der Waals surface area contributed by atoms with Crippen LogP contribution in [-0.4, -0.2) is 31.2 Å². The normalized spacial score (nSPS) is 18.6. The Morgan fingerprint density at radius 1 is 1.33 bits per heavy atom. The van der Waals surface area contributed by atoms with Crippen molar-refractivity contribution in [3.8, 4) is 0 Å². The Balaban J connectivity index is 1.70. The number of amides is 1. The average molecular weight is 364 g/mol. The Hall–Kier alpha value is -1.70. The molecule has 3 rings (SSSR count). The summed E-state index contributed by atoms with van der Waals surface area (Å²) < 4.78 is 27.0. The van der Waals surface area contributed by atoms with E-state index in [0.717, 1.165) is 11.1 Å². The molecule has 5 nitrogen and oxygen atoms in total. The molecule has 0 aliphatic carbocycles. The van der Waals surface area contributed by atoms with E-state index in [1.165, 1.54) is 15.6 Å². The number of sulfonamides is 1. The molecule has 1 aromatic carbocycles. The molecule has 0 unspecified atom stereocenters. The number of rotatable bonds is 5. The average Bonchev–Trinajstić information content (AvgIpc) is 3.24. The first-order valence-corrected chi connectivity index (χ1v) is 10.2. The molecule has 7 heteroatoms. The van der Waals surface area contributed by atoms with Crippen LogP contribution in [0.2, 0.25) is 0 Å². The number of benzene rings is 1. The van der Waals surface area contributed by atoms with Crippen molar-refractivity contribution < 1.29 is 13.2 Å². The largest absolute Gasteiger partial charge is 0.351 e. The van der Waals surface area contributed by atoms with Crippen molar-refractivity contribution in [1.82, 2.24) is 9.62 Å². The van der Waals surface area contributed by atoms with Crippen molar-refractivity contribution in [3.05, 3.63) is 52.9 Å². The van der Waals surface area contributed by atoms with Gasteiger partial charge in [-0.15, -0.1) is 11.3 Å². The van der Waals surface area contributed by atoms with Gasteiger partial charge in [-0.3, -0.25) is 4.79 Å². The SMILES string of the molecule is Cc1cccc(CNC(=O)[C@@H]2CCCN2S(=O)(=O)c2cccs2)c1. The van der Waals surface area contributed by atoms with E-state index in [-0.39, 0.29) is 5.91 Å². The lowest BCUT2D eigenvalue weighted by molar-refractivity contribution is -0.124.